The van der Waals surface area contributed by atoms with Crippen molar-refractivity contribution in [2.45, 2.75) is 44.7 Å². The van der Waals surface area contributed by atoms with Crippen molar-refractivity contribution < 1.29 is 21.6 Å². The molecule has 2 rings (SSSR count). The molecule has 2 saturated carbocycles. The Labute approximate surface area is 103 Å². The summed E-state index contributed by atoms with van der Waals surface area (Å²) in [6.07, 6.45) is -1.17. The van der Waals surface area contributed by atoms with Gasteiger partial charge in [-0.15, -0.1) is 0 Å². The van der Waals surface area contributed by atoms with Gasteiger partial charge in [-0.25, -0.2) is 8.42 Å². The molecule has 0 aliphatic heterocycles. The van der Waals surface area contributed by atoms with Crippen molar-refractivity contribution in [1.29, 1.82) is 0 Å². The van der Waals surface area contributed by atoms with Gasteiger partial charge in [0.25, 0.3) is 0 Å². The van der Waals surface area contributed by atoms with Crippen molar-refractivity contribution in [1.82, 2.24) is 0 Å². The highest BCUT2D eigenvalue weighted by Gasteiger charge is 2.68. The minimum absolute atomic E-state index is 0.0740. The van der Waals surface area contributed by atoms with E-state index >= 15 is 0 Å². The molecule has 2 fully saturated rings. The van der Waals surface area contributed by atoms with E-state index in [1.54, 1.807) is 0 Å². The summed E-state index contributed by atoms with van der Waals surface area (Å²) in [7, 11) is 0.884. The molecular weight excluding hydrogens is 277 g/mol. The lowest BCUT2D eigenvalue weighted by atomic mass is 9.52. The van der Waals surface area contributed by atoms with Crippen LogP contribution >= 0.6 is 10.7 Å². The molecule has 1 spiro atoms. The van der Waals surface area contributed by atoms with Gasteiger partial charge in [-0.1, -0.05) is 12.8 Å². The van der Waals surface area contributed by atoms with Crippen molar-refractivity contribution in [3.8, 4) is 0 Å². The van der Waals surface area contributed by atoms with Crippen LogP contribution in [0.2, 0.25) is 0 Å². The quantitative estimate of drug-likeness (QED) is 0.730. The molecular formula is C10H14ClF3O2S. The topological polar surface area (TPSA) is 34.1 Å². The lowest BCUT2D eigenvalue weighted by Gasteiger charge is -2.55. The summed E-state index contributed by atoms with van der Waals surface area (Å²) in [5.74, 6) is -0.979. The van der Waals surface area contributed by atoms with E-state index in [4.69, 9.17) is 10.7 Å². The van der Waals surface area contributed by atoms with Crippen LogP contribution in [0.3, 0.4) is 0 Å². The summed E-state index contributed by atoms with van der Waals surface area (Å²) in [5.41, 5.74) is -2.37. The Hall–Kier alpha value is 0.0300. The summed E-state index contributed by atoms with van der Waals surface area (Å²) < 4.78 is 60.9. The fraction of sp³-hybridized carbons (Fsp3) is 1.00. The third-order valence-corrected chi connectivity index (χ3v) is 5.37. The van der Waals surface area contributed by atoms with E-state index in [-0.39, 0.29) is 18.3 Å². The molecule has 0 N–H and O–H groups in total. The summed E-state index contributed by atoms with van der Waals surface area (Å²) >= 11 is 0. The standard InChI is InChI=1S/C10H14ClF3O2S/c11-17(15,16)7-9(10(12,13)14)5-8(6-9)3-1-2-4-8/h1-7H2. The van der Waals surface area contributed by atoms with Crippen LogP contribution in [-0.2, 0) is 9.05 Å². The van der Waals surface area contributed by atoms with Gasteiger partial charge in [0.05, 0.1) is 11.2 Å². The molecule has 2 nitrogen and oxygen atoms in total. The molecule has 0 saturated heterocycles. The lowest BCUT2D eigenvalue weighted by Crippen LogP contribution is -2.56. The van der Waals surface area contributed by atoms with E-state index in [2.05, 4.69) is 0 Å². The first kappa shape index (κ1) is 13.5. The average Bonchev–Trinajstić information content (AvgIpc) is 2.45. The van der Waals surface area contributed by atoms with Crippen LogP contribution < -0.4 is 0 Å². The summed E-state index contributed by atoms with van der Waals surface area (Å²) in [6, 6.07) is 0. The predicted octanol–water partition coefficient (Wildman–Crippen LogP) is 3.46. The molecule has 0 unspecified atom stereocenters. The van der Waals surface area contributed by atoms with Gasteiger partial charge < -0.3 is 0 Å². The third-order valence-electron chi connectivity index (χ3n) is 4.14. The van der Waals surface area contributed by atoms with Crippen molar-refractivity contribution in [3.05, 3.63) is 0 Å². The average molecular weight is 291 g/mol. The molecule has 0 aromatic rings. The number of hydrogen-bond acceptors (Lipinski definition) is 2. The second kappa shape index (κ2) is 3.76. The molecule has 2 aliphatic carbocycles. The van der Waals surface area contributed by atoms with E-state index in [0.717, 1.165) is 25.7 Å². The van der Waals surface area contributed by atoms with E-state index in [1.807, 2.05) is 0 Å². The normalized spacial score (nSPS) is 27.1. The molecule has 0 aromatic heterocycles. The van der Waals surface area contributed by atoms with Crippen molar-refractivity contribution >= 4 is 19.7 Å². The maximum atomic E-state index is 13.0. The van der Waals surface area contributed by atoms with E-state index in [0.29, 0.717) is 0 Å². The van der Waals surface area contributed by atoms with Crippen LogP contribution in [0.25, 0.3) is 0 Å². The Bertz CT molecular complexity index is 402. The zero-order valence-electron chi connectivity index (χ0n) is 9.19. The Balaban J connectivity index is 2.19. The lowest BCUT2D eigenvalue weighted by molar-refractivity contribution is -0.272. The minimum atomic E-state index is -4.48. The highest BCUT2D eigenvalue weighted by atomic mass is 35.7. The summed E-state index contributed by atoms with van der Waals surface area (Å²) in [6.45, 7) is 0. The maximum absolute atomic E-state index is 13.0. The van der Waals surface area contributed by atoms with Gasteiger partial charge in [-0.3, -0.25) is 0 Å². The predicted molar refractivity (Wildman–Crippen MR) is 58.3 cm³/mol. The van der Waals surface area contributed by atoms with Crippen LogP contribution in [-0.4, -0.2) is 20.3 Å². The van der Waals surface area contributed by atoms with Gasteiger partial charge in [-0.05, 0) is 31.1 Å². The maximum Gasteiger partial charge on any atom is 0.395 e. The number of alkyl halides is 3. The Morgan fingerprint density at radius 1 is 1.12 bits per heavy atom. The van der Waals surface area contributed by atoms with Gasteiger partial charge in [0, 0.05) is 10.7 Å². The van der Waals surface area contributed by atoms with Crippen LogP contribution in [0, 0.1) is 10.8 Å². The van der Waals surface area contributed by atoms with Gasteiger partial charge in [0.1, 0.15) is 0 Å². The number of hydrogen-bond donors (Lipinski definition) is 0. The van der Waals surface area contributed by atoms with Crippen LogP contribution in [0.1, 0.15) is 38.5 Å². The zero-order valence-corrected chi connectivity index (χ0v) is 10.8. The molecule has 0 bridgehead atoms. The van der Waals surface area contributed by atoms with E-state index in [1.165, 1.54) is 0 Å². The van der Waals surface area contributed by atoms with E-state index < -0.39 is 26.4 Å². The van der Waals surface area contributed by atoms with Crippen molar-refractivity contribution in [2.24, 2.45) is 10.8 Å². The zero-order chi connectivity index (χ0) is 12.9. The van der Waals surface area contributed by atoms with Crippen LogP contribution in [0.15, 0.2) is 0 Å². The molecule has 2 aliphatic rings. The molecule has 0 radical (unpaired) electrons. The van der Waals surface area contributed by atoms with Crippen LogP contribution in [0.4, 0.5) is 13.2 Å². The Morgan fingerprint density at radius 2 is 1.59 bits per heavy atom. The molecule has 0 heterocycles. The summed E-state index contributed by atoms with van der Waals surface area (Å²) in [4.78, 5) is 0. The molecule has 100 valence electrons. The largest absolute Gasteiger partial charge is 0.395 e. The second-order valence-corrected chi connectivity index (χ2v) is 8.30. The van der Waals surface area contributed by atoms with Crippen molar-refractivity contribution in [2.75, 3.05) is 5.75 Å². The molecule has 0 atom stereocenters. The molecule has 17 heavy (non-hydrogen) atoms. The molecule has 0 aromatic carbocycles. The smallest absolute Gasteiger partial charge is 0.212 e. The summed E-state index contributed by atoms with van der Waals surface area (Å²) in [5, 5.41) is 0. The third kappa shape index (κ3) is 2.43. The highest BCUT2D eigenvalue weighted by molar-refractivity contribution is 8.13. The van der Waals surface area contributed by atoms with Gasteiger partial charge in [0.15, 0.2) is 0 Å². The Morgan fingerprint density at radius 3 is 1.94 bits per heavy atom. The monoisotopic (exact) mass is 290 g/mol. The first-order valence-corrected chi connectivity index (χ1v) is 8.05. The van der Waals surface area contributed by atoms with Gasteiger partial charge >= 0.3 is 6.18 Å². The van der Waals surface area contributed by atoms with Gasteiger partial charge in [-0.2, -0.15) is 13.2 Å². The minimum Gasteiger partial charge on any atom is -0.212 e. The van der Waals surface area contributed by atoms with Crippen LogP contribution in [0.5, 0.6) is 0 Å². The number of halogens is 4. The highest BCUT2D eigenvalue weighted by Crippen LogP contribution is 2.67. The SMILES string of the molecule is O=S(=O)(Cl)CC1(C(F)(F)F)CC2(CCCC2)C1. The first-order valence-electron chi connectivity index (χ1n) is 5.57. The van der Waals surface area contributed by atoms with E-state index in [9.17, 15) is 21.6 Å². The number of rotatable bonds is 2. The fourth-order valence-electron chi connectivity index (χ4n) is 3.58. The van der Waals surface area contributed by atoms with Crippen molar-refractivity contribution in [3.63, 3.8) is 0 Å². The first-order chi connectivity index (χ1) is 7.58. The fourth-order valence-corrected chi connectivity index (χ4v) is 5.23. The molecule has 0 amide bonds. The molecule has 7 heteroatoms. The van der Waals surface area contributed by atoms with Gasteiger partial charge in [0.2, 0.25) is 9.05 Å². The second-order valence-electron chi connectivity index (χ2n) is 5.52. The Kier molecular flexibility index (Phi) is 2.98.